The maximum absolute atomic E-state index is 13.5. The van der Waals surface area contributed by atoms with E-state index >= 15 is 0 Å². The zero-order valence-corrected chi connectivity index (χ0v) is 24.6. The molecule has 4 rings (SSSR count). The van der Waals surface area contributed by atoms with Crippen molar-refractivity contribution in [1.29, 1.82) is 0 Å². The quantitative estimate of drug-likeness (QED) is 0.161. The number of ketones is 1. The predicted molar refractivity (Wildman–Crippen MR) is 157 cm³/mol. The Morgan fingerprint density at radius 2 is 1.73 bits per heavy atom. The van der Waals surface area contributed by atoms with Gasteiger partial charge in [0.05, 0.1) is 45.2 Å². The highest BCUT2D eigenvalue weighted by Crippen LogP contribution is 2.42. The molecule has 2 aliphatic heterocycles. The fourth-order valence-electron chi connectivity index (χ4n) is 5.31. The molecular weight excluding hydrogens is 524 g/mol. The number of hydrogen-bond acceptors (Lipinski definition) is 8. The minimum Gasteiger partial charge on any atom is -0.507 e. The molecule has 0 bridgehead atoms. The smallest absolute Gasteiger partial charge is 0.295 e. The standard InChI is InChI=1S/C32H42N2O7/c1-5-7-8-17-41-26-12-9-23(21-27(26)38-4)29-28(30(35)24-10-11-25(40-6-2)22(3)20-24)31(36)32(37)34(29)14-13-33-15-18-39-19-16-33/h9-12,20-21,29,35H,5-8,13-19H2,1-4H3/b30-28+. The Bertz CT molecular complexity index is 1250. The molecule has 9 heteroatoms. The van der Waals surface area contributed by atoms with Crippen molar-refractivity contribution in [3.63, 3.8) is 0 Å². The summed E-state index contributed by atoms with van der Waals surface area (Å²) in [6, 6.07) is 9.91. The summed E-state index contributed by atoms with van der Waals surface area (Å²) < 4.78 is 22.7. The van der Waals surface area contributed by atoms with Crippen LogP contribution in [0.15, 0.2) is 42.0 Å². The minimum atomic E-state index is -0.786. The molecule has 1 amide bonds. The Balaban J connectivity index is 1.73. The van der Waals surface area contributed by atoms with Gasteiger partial charge in [-0.25, -0.2) is 0 Å². The van der Waals surface area contributed by atoms with E-state index in [0.717, 1.165) is 37.9 Å². The van der Waals surface area contributed by atoms with Gasteiger partial charge in [0.2, 0.25) is 0 Å². The molecule has 0 aliphatic carbocycles. The van der Waals surface area contributed by atoms with Gasteiger partial charge in [-0.2, -0.15) is 0 Å². The number of ether oxygens (including phenoxy) is 4. The Morgan fingerprint density at radius 3 is 2.41 bits per heavy atom. The molecule has 2 saturated heterocycles. The van der Waals surface area contributed by atoms with E-state index in [0.29, 0.717) is 67.9 Å². The second kappa shape index (κ2) is 14.4. The molecule has 0 spiro atoms. The number of unbranched alkanes of at least 4 members (excludes halogenated alkanes) is 2. The summed E-state index contributed by atoms with van der Waals surface area (Å²) in [5.41, 5.74) is 1.98. The van der Waals surface area contributed by atoms with Crippen molar-refractivity contribution in [1.82, 2.24) is 9.80 Å². The van der Waals surface area contributed by atoms with E-state index in [1.165, 1.54) is 0 Å². The number of aryl methyl sites for hydroxylation is 1. The van der Waals surface area contributed by atoms with E-state index in [9.17, 15) is 14.7 Å². The van der Waals surface area contributed by atoms with Gasteiger partial charge in [0.25, 0.3) is 11.7 Å². The van der Waals surface area contributed by atoms with E-state index in [2.05, 4.69) is 11.8 Å². The molecule has 0 aromatic heterocycles. The van der Waals surface area contributed by atoms with Gasteiger partial charge < -0.3 is 29.0 Å². The van der Waals surface area contributed by atoms with E-state index in [-0.39, 0.29) is 11.3 Å². The number of morpholine rings is 1. The van der Waals surface area contributed by atoms with Gasteiger partial charge in [0.15, 0.2) is 11.5 Å². The Hall–Kier alpha value is -3.56. The van der Waals surface area contributed by atoms with Gasteiger partial charge in [-0.1, -0.05) is 25.8 Å². The number of amides is 1. The third-order valence-corrected chi connectivity index (χ3v) is 7.56. The first kappa shape index (κ1) is 30.4. The molecular formula is C32H42N2O7. The number of rotatable bonds is 13. The lowest BCUT2D eigenvalue weighted by molar-refractivity contribution is -0.140. The SMILES string of the molecule is CCCCCOc1ccc(C2/C(=C(\O)c3ccc(OCC)c(C)c3)C(=O)C(=O)N2CCN2CCOCC2)cc1OC. The number of aliphatic hydroxyl groups is 1. The topological polar surface area (TPSA) is 97.8 Å². The van der Waals surface area contributed by atoms with Crippen LogP contribution in [0.5, 0.6) is 17.2 Å². The average molecular weight is 567 g/mol. The summed E-state index contributed by atoms with van der Waals surface area (Å²) in [7, 11) is 1.57. The van der Waals surface area contributed by atoms with Crippen molar-refractivity contribution >= 4 is 17.4 Å². The maximum atomic E-state index is 13.5. The van der Waals surface area contributed by atoms with Crippen LogP contribution in [-0.4, -0.2) is 86.3 Å². The predicted octanol–water partition coefficient (Wildman–Crippen LogP) is 4.73. The van der Waals surface area contributed by atoms with Crippen LogP contribution in [0.3, 0.4) is 0 Å². The largest absolute Gasteiger partial charge is 0.507 e. The van der Waals surface area contributed by atoms with Crippen molar-refractivity contribution in [2.24, 2.45) is 0 Å². The number of hydrogen-bond donors (Lipinski definition) is 1. The first-order valence-electron chi connectivity index (χ1n) is 14.5. The third-order valence-electron chi connectivity index (χ3n) is 7.56. The van der Waals surface area contributed by atoms with Gasteiger partial charge in [0, 0.05) is 31.7 Å². The molecule has 1 N–H and O–H groups in total. The van der Waals surface area contributed by atoms with Gasteiger partial charge in [-0.15, -0.1) is 0 Å². The molecule has 1 atom stereocenters. The van der Waals surface area contributed by atoms with Crippen LogP contribution in [0.1, 0.15) is 55.8 Å². The third kappa shape index (κ3) is 7.02. The van der Waals surface area contributed by atoms with Crippen LogP contribution in [0.2, 0.25) is 0 Å². The van der Waals surface area contributed by atoms with E-state index in [1.807, 2.05) is 26.0 Å². The number of carbonyl (C=O) groups excluding carboxylic acids is 2. The van der Waals surface area contributed by atoms with Gasteiger partial charge in [0.1, 0.15) is 11.5 Å². The molecule has 222 valence electrons. The highest BCUT2D eigenvalue weighted by Gasteiger charge is 2.46. The number of methoxy groups -OCH3 is 1. The van der Waals surface area contributed by atoms with Crippen LogP contribution < -0.4 is 14.2 Å². The summed E-state index contributed by atoms with van der Waals surface area (Å²) >= 11 is 0. The normalized spacial score (nSPS) is 19.0. The lowest BCUT2D eigenvalue weighted by Gasteiger charge is -2.31. The zero-order chi connectivity index (χ0) is 29.4. The molecule has 0 saturated carbocycles. The van der Waals surface area contributed by atoms with Crippen molar-refractivity contribution in [3.8, 4) is 17.2 Å². The fraction of sp³-hybridized carbons (Fsp3) is 0.500. The summed E-state index contributed by atoms with van der Waals surface area (Å²) in [6.07, 6.45) is 3.10. The summed E-state index contributed by atoms with van der Waals surface area (Å²) in [4.78, 5) is 30.7. The molecule has 2 aromatic rings. The van der Waals surface area contributed by atoms with Crippen molar-refractivity contribution in [2.75, 3.05) is 59.7 Å². The molecule has 41 heavy (non-hydrogen) atoms. The Kier molecular flexibility index (Phi) is 10.7. The molecule has 2 aliphatic rings. The van der Waals surface area contributed by atoms with E-state index < -0.39 is 17.7 Å². The van der Waals surface area contributed by atoms with Crippen molar-refractivity contribution in [3.05, 3.63) is 58.7 Å². The zero-order valence-electron chi connectivity index (χ0n) is 24.6. The van der Waals surface area contributed by atoms with Gasteiger partial charge >= 0.3 is 0 Å². The summed E-state index contributed by atoms with van der Waals surface area (Å²) in [5, 5.41) is 11.5. The number of nitrogens with zero attached hydrogens (tertiary/aromatic N) is 2. The number of benzene rings is 2. The molecule has 2 fully saturated rings. The van der Waals surface area contributed by atoms with Crippen LogP contribution in [0.4, 0.5) is 0 Å². The molecule has 0 radical (unpaired) electrons. The second-order valence-corrected chi connectivity index (χ2v) is 10.3. The summed E-state index contributed by atoms with van der Waals surface area (Å²) in [6.45, 7) is 10.7. The average Bonchev–Trinajstić information content (AvgIpc) is 3.24. The fourth-order valence-corrected chi connectivity index (χ4v) is 5.31. The van der Waals surface area contributed by atoms with Crippen LogP contribution in [-0.2, 0) is 14.3 Å². The Labute approximate surface area is 242 Å². The number of Topliss-reactive ketones (excluding diaryl/α,β-unsaturated/α-hetero) is 1. The highest BCUT2D eigenvalue weighted by molar-refractivity contribution is 6.46. The van der Waals surface area contributed by atoms with Crippen molar-refractivity contribution in [2.45, 2.75) is 46.1 Å². The second-order valence-electron chi connectivity index (χ2n) is 10.3. The summed E-state index contributed by atoms with van der Waals surface area (Å²) in [5.74, 6) is 0.249. The first-order chi connectivity index (χ1) is 19.9. The first-order valence-corrected chi connectivity index (χ1v) is 14.5. The molecule has 9 nitrogen and oxygen atoms in total. The molecule has 2 aromatic carbocycles. The minimum absolute atomic E-state index is 0.0548. The number of likely N-dealkylation sites (tertiary alicyclic amines) is 1. The molecule has 2 heterocycles. The monoisotopic (exact) mass is 566 g/mol. The van der Waals surface area contributed by atoms with Crippen LogP contribution >= 0.6 is 0 Å². The van der Waals surface area contributed by atoms with E-state index in [1.54, 1.807) is 36.3 Å². The molecule has 1 unspecified atom stereocenters. The van der Waals surface area contributed by atoms with Crippen LogP contribution in [0, 0.1) is 6.92 Å². The van der Waals surface area contributed by atoms with Gasteiger partial charge in [-0.05, 0) is 61.7 Å². The lowest BCUT2D eigenvalue weighted by Crippen LogP contribution is -2.42. The van der Waals surface area contributed by atoms with Crippen molar-refractivity contribution < 1.29 is 33.6 Å². The van der Waals surface area contributed by atoms with E-state index in [4.69, 9.17) is 18.9 Å². The number of aliphatic hydroxyl groups excluding tert-OH is 1. The van der Waals surface area contributed by atoms with Crippen LogP contribution in [0.25, 0.3) is 5.76 Å². The Morgan fingerprint density at radius 1 is 0.976 bits per heavy atom. The number of carbonyl (C=O) groups is 2. The van der Waals surface area contributed by atoms with Gasteiger partial charge in [-0.3, -0.25) is 14.5 Å². The lowest BCUT2D eigenvalue weighted by atomic mass is 9.94. The maximum Gasteiger partial charge on any atom is 0.295 e. The highest BCUT2D eigenvalue weighted by atomic mass is 16.5.